The zero-order chi connectivity index (χ0) is 11.3. The number of carbonyl (C=O) groups is 1. The molecule has 0 spiro atoms. The average molecular weight is 223 g/mol. The third-order valence-corrected chi connectivity index (χ3v) is 2.12. The fourth-order valence-electron chi connectivity index (χ4n) is 1.26. The number of alkyl halides is 1. The van der Waals surface area contributed by atoms with Crippen LogP contribution in [0.15, 0.2) is 18.2 Å². The molecule has 1 rings (SSSR count). The van der Waals surface area contributed by atoms with Crippen molar-refractivity contribution in [2.75, 3.05) is 5.88 Å². The van der Waals surface area contributed by atoms with Gasteiger partial charge in [0.1, 0.15) is 0 Å². The van der Waals surface area contributed by atoms with Crippen molar-refractivity contribution >= 4 is 17.6 Å². The molecule has 1 N–H and O–H groups in total. The van der Waals surface area contributed by atoms with Crippen LogP contribution in [0, 0.1) is 18.8 Å². The maximum absolute atomic E-state index is 11.0. The molecule has 0 fully saturated rings. The zero-order valence-corrected chi connectivity index (χ0v) is 9.14. The maximum Gasteiger partial charge on any atom is 0.337 e. The summed E-state index contributed by atoms with van der Waals surface area (Å²) >= 11 is 5.48. The minimum Gasteiger partial charge on any atom is -0.478 e. The van der Waals surface area contributed by atoms with Crippen molar-refractivity contribution in [3.05, 3.63) is 34.9 Å². The molecule has 0 amide bonds. The van der Waals surface area contributed by atoms with Crippen LogP contribution in [-0.4, -0.2) is 17.0 Å². The number of halogens is 1. The van der Waals surface area contributed by atoms with Crippen molar-refractivity contribution in [1.82, 2.24) is 0 Å². The van der Waals surface area contributed by atoms with E-state index in [1.54, 1.807) is 25.1 Å². The first kappa shape index (κ1) is 11.6. The Bertz CT molecular complexity index is 427. The summed E-state index contributed by atoms with van der Waals surface area (Å²) in [5, 5.41) is 9.01. The number of benzene rings is 1. The van der Waals surface area contributed by atoms with E-state index < -0.39 is 5.97 Å². The molecule has 0 heterocycles. The number of carboxylic acids is 1. The monoisotopic (exact) mass is 222 g/mol. The van der Waals surface area contributed by atoms with E-state index in [1.165, 1.54) is 0 Å². The lowest BCUT2D eigenvalue weighted by Crippen LogP contribution is -2.02. The smallest absolute Gasteiger partial charge is 0.337 e. The van der Waals surface area contributed by atoms with E-state index in [4.69, 9.17) is 16.7 Å². The Labute approximate surface area is 93.9 Å². The second-order valence-corrected chi connectivity index (χ2v) is 3.42. The Morgan fingerprint density at radius 2 is 2.27 bits per heavy atom. The molecule has 0 radical (unpaired) electrons. The van der Waals surface area contributed by atoms with Crippen molar-refractivity contribution in [2.45, 2.75) is 13.3 Å². The van der Waals surface area contributed by atoms with Crippen LogP contribution in [0.1, 0.15) is 27.9 Å². The summed E-state index contributed by atoms with van der Waals surface area (Å²) in [5.41, 5.74) is 1.55. The van der Waals surface area contributed by atoms with Gasteiger partial charge < -0.3 is 5.11 Å². The van der Waals surface area contributed by atoms with Gasteiger partial charge in [-0.3, -0.25) is 0 Å². The number of aryl methyl sites for hydroxylation is 1. The van der Waals surface area contributed by atoms with Gasteiger partial charge in [0.15, 0.2) is 0 Å². The highest BCUT2D eigenvalue weighted by atomic mass is 35.5. The summed E-state index contributed by atoms with van der Waals surface area (Å²) in [5.74, 6) is 5.17. The van der Waals surface area contributed by atoms with Crippen molar-refractivity contribution < 1.29 is 9.90 Å². The molecule has 78 valence electrons. The number of hydrogen-bond acceptors (Lipinski definition) is 1. The molecule has 0 aromatic heterocycles. The van der Waals surface area contributed by atoms with Gasteiger partial charge in [-0.25, -0.2) is 4.79 Å². The van der Waals surface area contributed by atoms with Crippen molar-refractivity contribution in [3.8, 4) is 11.8 Å². The highest BCUT2D eigenvalue weighted by Crippen LogP contribution is 2.13. The van der Waals surface area contributed by atoms with Gasteiger partial charge in [0, 0.05) is 17.9 Å². The van der Waals surface area contributed by atoms with Crippen molar-refractivity contribution in [2.24, 2.45) is 0 Å². The first-order chi connectivity index (χ1) is 7.16. The Kier molecular flexibility index (Phi) is 4.20. The molecule has 1 aromatic rings. The Morgan fingerprint density at radius 3 is 2.87 bits per heavy atom. The van der Waals surface area contributed by atoms with E-state index >= 15 is 0 Å². The molecule has 0 bridgehead atoms. The van der Waals surface area contributed by atoms with Gasteiger partial charge in [0.2, 0.25) is 0 Å². The Balaban J connectivity index is 3.13. The minimum absolute atomic E-state index is 0.277. The van der Waals surface area contributed by atoms with Gasteiger partial charge in [-0.2, -0.15) is 0 Å². The van der Waals surface area contributed by atoms with E-state index in [9.17, 15) is 4.79 Å². The fourth-order valence-corrected chi connectivity index (χ4v) is 1.36. The molecule has 0 atom stereocenters. The third-order valence-electron chi connectivity index (χ3n) is 1.93. The standard InChI is InChI=1S/C12H11ClO2/c1-9-5-4-7-10(6-2-3-8-13)11(9)12(14)15/h4-5,7H,3,8H2,1H3,(H,14,15). The molecule has 0 aliphatic heterocycles. The van der Waals surface area contributed by atoms with Crippen LogP contribution in [0.2, 0.25) is 0 Å². The lowest BCUT2D eigenvalue weighted by molar-refractivity contribution is 0.0696. The van der Waals surface area contributed by atoms with Gasteiger partial charge in [-0.1, -0.05) is 24.0 Å². The summed E-state index contributed by atoms with van der Waals surface area (Å²) < 4.78 is 0. The molecule has 15 heavy (non-hydrogen) atoms. The molecule has 0 aliphatic carbocycles. The van der Waals surface area contributed by atoms with E-state index in [-0.39, 0.29) is 5.56 Å². The van der Waals surface area contributed by atoms with Crippen molar-refractivity contribution in [3.63, 3.8) is 0 Å². The summed E-state index contributed by atoms with van der Waals surface area (Å²) in [6.45, 7) is 1.76. The molecule has 0 saturated heterocycles. The zero-order valence-electron chi connectivity index (χ0n) is 8.38. The van der Waals surface area contributed by atoms with Crippen LogP contribution in [-0.2, 0) is 0 Å². The van der Waals surface area contributed by atoms with Gasteiger partial charge in [-0.05, 0) is 18.6 Å². The van der Waals surface area contributed by atoms with Gasteiger partial charge in [0.05, 0.1) is 5.56 Å². The minimum atomic E-state index is -0.941. The number of rotatable bonds is 2. The van der Waals surface area contributed by atoms with Crippen LogP contribution < -0.4 is 0 Å². The molecule has 2 nitrogen and oxygen atoms in total. The van der Waals surface area contributed by atoms with E-state index in [1.807, 2.05) is 0 Å². The maximum atomic E-state index is 11.0. The second-order valence-electron chi connectivity index (χ2n) is 3.04. The van der Waals surface area contributed by atoms with Crippen molar-refractivity contribution in [1.29, 1.82) is 0 Å². The Hall–Kier alpha value is -1.46. The lowest BCUT2D eigenvalue weighted by Gasteiger charge is -2.02. The summed E-state index contributed by atoms with van der Waals surface area (Å²) in [6, 6.07) is 5.26. The van der Waals surface area contributed by atoms with Gasteiger partial charge in [0.25, 0.3) is 0 Å². The first-order valence-corrected chi connectivity index (χ1v) is 5.08. The molecular formula is C12H11ClO2. The largest absolute Gasteiger partial charge is 0.478 e. The molecule has 0 unspecified atom stereocenters. The summed E-state index contributed by atoms with van der Waals surface area (Å²) in [7, 11) is 0. The predicted octanol–water partition coefficient (Wildman–Crippen LogP) is 2.67. The van der Waals surface area contributed by atoms with Crippen LogP contribution >= 0.6 is 11.6 Å². The van der Waals surface area contributed by atoms with Gasteiger partial charge in [-0.15, -0.1) is 11.6 Å². The van der Waals surface area contributed by atoms with Crippen LogP contribution in [0.3, 0.4) is 0 Å². The van der Waals surface area contributed by atoms with E-state index in [0.29, 0.717) is 17.9 Å². The van der Waals surface area contributed by atoms with E-state index in [0.717, 1.165) is 5.56 Å². The topological polar surface area (TPSA) is 37.3 Å². The lowest BCUT2D eigenvalue weighted by atomic mass is 10.0. The number of aromatic carboxylic acids is 1. The SMILES string of the molecule is Cc1cccc(C#CCCCl)c1C(=O)O. The third kappa shape index (κ3) is 3.00. The summed E-state index contributed by atoms with van der Waals surface area (Å²) in [6.07, 6.45) is 0.564. The average Bonchev–Trinajstić information content (AvgIpc) is 2.17. The second kappa shape index (κ2) is 5.43. The fraction of sp³-hybridized carbons (Fsp3) is 0.250. The highest BCUT2D eigenvalue weighted by molar-refractivity contribution is 6.18. The van der Waals surface area contributed by atoms with Crippen LogP contribution in [0.25, 0.3) is 0 Å². The first-order valence-electron chi connectivity index (χ1n) is 4.54. The quantitative estimate of drug-likeness (QED) is 0.617. The molecular weight excluding hydrogens is 212 g/mol. The number of carboxylic acid groups (broad SMARTS) is 1. The Morgan fingerprint density at radius 1 is 1.53 bits per heavy atom. The van der Waals surface area contributed by atoms with Crippen LogP contribution in [0.4, 0.5) is 0 Å². The van der Waals surface area contributed by atoms with E-state index in [2.05, 4.69) is 11.8 Å². The molecule has 0 saturated carbocycles. The van der Waals surface area contributed by atoms with Crippen LogP contribution in [0.5, 0.6) is 0 Å². The number of hydrogen-bond donors (Lipinski definition) is 1. The summed E-state index contributed by atoms with van der Waals surface area (Å²) in [4.78, 5) is 11.0. The normalized spacial score (nSPS) is 9.20. The van der Waals surface area contributed by atoms with Gasteiger partial charge >= 0.3 is 5.97 Å². The molecule has 0 aliphatic rings. The predicted molar refractivity (Wildman–Crippen MR) is 60.4 cm³/mol. The molecule has 3 heteroatoms. The molecule has 1 aromatic carbocycles. The highest BCUT2D eigenvalue weighted by Gasteiger charge is 2.10.